The van der Waals surface area contributed by atoms with Gasteiger partial charge in [-0.3, -0.25) is 10.1 Å². The van der Waals surface area contributed by atoms with Crippen molar-refractivity contribution in [3.05, 3.63) is 59.6 Å². The number of hydrogen-bond donors (Lipinski definition) is 2. The summed E-state index contributed by atoms with van der Waals surface area (Å²) in [5.74, 6) is -1.05. The van der Waals surface area contributed by atoms with Gasteiger partial charge in [-0.05, 0) is 64.1 Å². The largest absolute Gasteiger partial charge is 0.451 e. The Kier molecular flexibility index (Phi) is 5.09. The molecule has 0 radical (unpaired) electrons. The van der Waals surface area contributed by atoms with Crippen molar-refractivity contribution < 1.29 is 23.1 Å². The summed E-state index contributed by atoms with van der Waals surface area (Å²) in [4.78, 5) is 24.6. The molecule has 0 unspecified atom stereocenters. The zero-order chi connectivity index (χ0) is 20.5. The summed E-state index contributed by atoms with van der Waals surface area (Å²) >= 11 is 0. The van der Waals surface area contributed by atoms with Crippen LogP contribution in [-0.4, -0.2) is 17.6 Å². The third-order valence-electron chi connectivity index (χ3n) is 3.76. The van der Waals surface area contributed by atoms with E-state index >= 15 is 0 Å². The van der Waals surface area contributed by atoms with Crippen LogP contribution in [0.5, 0.6) is 0 Å². The Morgan fingerprint density at radius 2 is 1.75 bits per heavy atom. The monoisotopic (exact) mass is 384 g/mol. The van der Waals surface area contributed by atoms with E-state index < -0.39 is 23.4 Å². The Labute approximate surface area is 161 Å². The van der Waals surface area contributed by atoms with E-state index in [0.29, 0.717) is 5.58 Å². The van der Waals surface area contributed by atoms with Gasteiger partial charge in [-0.1, -0.05) is 11.6 Å². The summed E-state index contributed by atoms with van der Waals surface area (Å²) in [5, 5.41) is 5.87. The third-order valence-corrected chi connectivity index (χ3v) is 3.76. The second-order valence-corrected chi connectivity index (χ2v) is 7.42. The van der Waals surface area contributed by atoms with Crippen molar-refractivity contribution in [1.29, 1.82) is 0 Å². The van der Waals surface area contributed by atoms with Crippen molar-refractivity contribution >= 4 is 34.3 Å². The lowest BCUT2D eigenvalue weighted by atomic mass is 10.2. The zero-order valence-corrected chi connectivity index (χ0v) is 16.1. The quantitative estimate of drug-likeness (QED) is 0.627. The fourth-order valence-electron chi connectivity index (χ4n) is 2.60. The molecule has 0 fully saturated rings. The standard InChI is InChI=1S/C21H21FN2O4/c1-12-5-8-17-13(9-12)10-18(27-17)19(25)23-16-11-14(22)6-7-15(16)24-20(26)28-21(2,3)4/h5-11H,1-4H3,(H,23,25)(H,24,26). The zero-order valence-electron chi connectivity index (χ0n) is 16.1. The number of aryl methyl sites for hydroxylation is 1. The molecule has 28 heavy (non-hydrogen) atoms. The fourth-order valence-corrected chi connectivity index (χ4v) is 2.60. The number of carbonyl (C=O) groups excluding carboxylic acids is 2. The number of carbonyl (C=O) groups is 2. The molecule has 0 bridgehead atoms. The SMILES string of the molecule is Cc1ccc2oc(C(=O)Nc3cc(F)ccc3NC(=O)OC(C)(C)C)cc2c1. The molecular weight excluding hydrogens is 363 g/mol. The summed E-state index contributed by atoms with van der Waals surface area (Å²) < 4.78 is 24.5. The van der Waals surface area contributed by atoms with Gasteiger partial charge < -0.3 is 14.5 Å². The van der Waals surface area contributed by atoms with Gasteiger partial charge in [-0.2, -0.15) is 0 Å². The fraction of sp³-hybridized carbons (Fsp3) is 0.238. The van der Waals surface area contributed by atoms with E-state index in [0.717, 1.165) is 17.0 Å². The van der Waals surface area contributed by atoms with Crippen LogP contribution in [0.3, 0.4) is 0 Å². The minimum absolute atomic E-state index is 0.0769. The molecule has 0 aliphatic heterocycles. The number of fused-ring (bicyclic) bond motifs is 1. The van der Waals surface area contributed by atoms with Crippen molar-refractivity contribution in [2.75, 3.05) is 10.6 Å². The minimum atomic E-state index is -0.714. The number of benzene rings is 2. The molecule has 2 aromatic carbocycles. The van der Waals surface area contributed by atoms with E-state index in [9.17, 15) is 14.0 Å². The molecule has 0 atom stereocenters. The molecular formula is C21H21FN2O4. The number of halogens is 1. The maximum Gasteiger partial charge on any atom is 0.412 e. The molecule has 0 saturated carbocycles. The Balaban J connectivity index is 1.83. The number of furan rings is 1. The predicted octanol–water partition coefficient (Wildman–Crippen LogP) is 5.48. The molecule has 0 aliphatic rings. The Morgan fingerprint density at radius 1 is 1.00 bits per heavy atom. The Bertz CT molecular complexity index is 1050. The molecule has 0 spiro atoms. The Morgan fingerprint density at radius 3 is 2.46 bits per heavy atom. The smallest absolute Gasteiger partial charge is 0.412 e. The molecule has 2 amide bonds. The summed E-state index contributed by atoms with van der Waals surface area (Å²) in [6.45, 7) is 7.11. The second kappa shape index (κ2) is 7.34. The van der Waals surface area contributed by atoms with Crippen LogP contribution in [0.1, 0.15) is 36.9 Å². The van der Waals surface area contributed by atoms with Crippen LogP contribution >= 0.6 is 0 Å². The molecule has 1 heterocycles. The molecule has 1 aromatic heterocycles. The first-order valence-electron chi connectivity index (χ1n) is 8.72. The third kappa shape index (κ3) is 4.68. The summed E-state index contributed by atoms with van der Waals surface area (Å²) in [7, 11) is 0. The van der Waals surface area contributed by atoms with Crippen LogP contribution in [0, 0.1) is 12.7 Å². The van der Waals surface area contributed by atoms with E-state index in [4.69, 9.17) is 9.15 Å². The lowest BCUT2D eigenvalue weighted by Gasteiger charge is -2.20. The highest BCUT2D eigenvalue weighted by atomic mass is 19.1. The number of hydrogen-bond acceptors (Lipinski definition) is 4. The van der Waals surface area contributed by atoms with Crippen LogP contribution in [-0.2, 0) is 4.74 Å². The highest BCUT2D eigenvalue weighted by Crippen LogP contribution is 2.26. The molecule has 0 saturated heterocycles. The van der Waals surface area contributed by atoms with E-state index in [-0.39, 0.29) is 17.1 Å². The summed E-state index contributed by atoms with van der Waals surface area (Å²) in [6, 6.07) is 10.8. The summed E-state index contributed by atoms with van der Waals surface area (Å²) in [5.41, 5.74) is 1.21. The minimum Gasteiger partial charge on any atom is -0.451 e. The van der Waals surface area contributed by atoms with Gasteiger partial charge in [0, 0.05) is 5.39 Å². The predicted molar refractivity (Wildman–Crippen MR) is 105 cm³/mol. The normalized spacial score (nSPS) is 11.3. The maximum absolute atomic E-state index is 13.7. The average molecular weight is 384 g/mol. The van der Waals surface area contributed by atoms with Gasteiger partial charge in [0.05, 0.1) is 11.4 Å². The van der Waals surface area contributed by atoms with Gasteiger partial charge in [-0.15, -0.1) is 0 Å². The van der Waals surface area contributed by atoms with Crippen LogP contribution in [0.25, 0.3) is 11.0 Å². The number of anilines is 2. The number of amides is 2. The average Bonchev–Trinajstić information content (AvgIpc) is 2.99. The molecule has 6 nitrogen and oxygen atoms in total. The van der Waals surface area contributed by atoms with Crippen LogP contribution < -0.4 is 10.6 Å². The first-order chi connectivity index (χ1) is 13.1. The second-order valence-electron chi connectivity index (χ2n) is 7.42. The molecule has 146 valence electrons. The molecule has 3 aromatic rings. The number of ether oxygens (including phenoxy) is 1. The lowest BCUT2D eigenvalue weighted by Crippen LogP contribution is -2.27. The highest BCUT2D eigenvalue weighted by molar-refractivity contribution is 6.07. The van der Waals surface area contributed by atoms with Crippen molar-refractivity contribution in [3.8, 4) is 0 Å². The van der Waals surface area contributed by atoms with Crippen LogP contribution in [0.15, 0.2) is 46.9 Å². The first kappa shape index (κ1) is 19.4. The lowest BCUT2D eigenvalue weighted by molar-refractivity contribution is 0.0635. The maximum atomic E-state index is 13.7. The van der Waals surface area contributed by atoms with Crippen molar-refractivity contribution in [3.63, 3.8) is 0 Å². The van der Waals surface area contributed by atoms with Gasteiger partial charge >= 0.3 is 6.09 Å². The molecule has 3 rings (SSSR count). The van der Waals surface area contributed by atoms with Crippen LogP contribution in [0.4, 0.5) is 20.6 Å². The van der Waals surface area contributed by atoms with Crippen molar-refractivity contribution in [1.82, 2.24) is 0 Å². The number of rotatable bonds is 3. The number of nitrogens with one attached hydrogen (secondary N) is 2. The van der Waals surface area contributed by atoms with E-state index in [1.807, 2.05) is 19.1 Å². The van der Waals surface area contributed by atoms with E-state index in [2.05, 4.69) is 10.6 Å². The topological polar surface area (TPSA) is 80.6 Å². The van der Waals surface area contributed by atoms with Crippen molar-refractivity contribution in [2.45, 2.75) is 33.3 Å². The molecule has 2 N–H and O–H groups in total. The Hall–Kier alpha value is -3.35. The van der Waals surface area contributed by atoms with Gasteiger partial charge in [0.2, 0.25) is 0 Å². The van der Waals surface area contributed by atoms with Gasteiger partial charge in [0.15, 0.2) is 5.76 Å². The van der Waals surface area contributed by atoms with Gasteiger partial charge in [0.1, 0.15) is 17.0 Å². The molecule has 0 aliphatic carbocycles. The molecule has 7 heteroatoms. The van der Waals surface area contributed by atoms with E-state index in [1.54, 1.807) is 32.9 Å². The van der Waals surface area contributed by atoms with Crippen LogP contribution in [0.2, 0.25) is 0 Å². The van der Waals surface area contributed by atoms with Gasteiger partial charge in [-0.25, -0.2) is 9.18 Å². The van der Waals surface area contributed by atoms with Crippen molar-refractivity contribution in [2.24, 2.45) is 0 Å². The summed E-state index contributed by atoms with van der Waals surface area (Å²) in [6.07, 6.45) is -0.714. The van der Waals surface area contributed by atoms with Gasteiger partial charge in [0.25, 0.3) is 5.91 Å². The highest BCUT2D eigenvalue weighted by Gasteiger charge is 2.19. The first-order valence-corrected chi connectivity index (χ1v) is 8.72. The van der Waals surface area contributed by atoms with E-state index in [1.165, 1.54) is 12.1 Å².